The highest BCUT2D eigenvalue weighted by Crippen LogP contribution is 2.34. The van der Waals surface area contributed by atoms with Gasteiger partial charge in [-0.1, -0.05) is 11.8 Å². The molecule has 3 rings (SSSR count). The summed E-state index contributed by atoms with van der Waals surface area (Å²) in [7, 11) is 0. The molecule has 2 unspecified atom stereocenters. The van der Waals surface area contributed by atoms with E-state index in [1.54, 1.807) is 6.08 Å². The average Bonchev–Trinajstić information content (AvgIpc) is 2.52. The maximum Gasteiger partial charge on any atom is 0.130 e. The normalized spacial score (nSPS) is 38.1. The third-order valence-electron chi connectivity index (χ3n) is 4.23. The number of fused-ring (bicyclic) bond motifs is 1. The van der Waals surface area contributed by atoms with Crippen LogP contribution in [0.15, 0.2) is 11.6 Å². The highest BCUT2D eigenvalue weighted by molar-refractivity contribution is 5.35. The van der Waals surface area contributed by atoms with Crippen molar-refractivity contribution in [1.29, 1.82) is 0 Å². The van der Waals surface area contributed by atoms with Crippen LogP contribution in [0.5, 0.6) is 0 Å². The zero-order chi connectivity index (χ0) is 12.6. The molecule has 2 aliphatic heterocycles. The van der Waals surface area contributed by atoms with E-state index in [1.165, 1.54) is 0 Å². The molecular formula is C14H19FN2O. The van der Waals surface area contributed by atoms with Gasteiger partial charge in [0.15, 0.2) is 0 Å². The molecule has 1 spiro atoms. The standard InChI is InChI=1S/C14H19FN2O/c15-10-2-1-3-12-11(8-10)13(18)9-14(17-12)4-6-16-7-5-14/h8,10,12-13,16-18H,2,4-7,9H2/t10?,12-,13?/m0/s1. The highest BCUT2D eigenvalue weighted by atomic mass is 19.1. The van der Waals surface area contributed by atoms with Crippen molar-refractivity contribution in [3.8, 4) is 11.8 Å². The van der Waals surface area contributed by atoms with Gasteiger partial charge in [0.05, 0.1) is 12.1 Å². The van der Waals surface area contributed by atoms with E-state index in [2.05, 4.69) is 22.5 Å². The van der Waals surface area contributed by atoms with Crippen molar-refractivity contribution in [1.82, 2.24) is 10.6 Å². The Morgan fingerprint density at radius 2 is 2.17 bits per heavy atom. The molecule has 0 aromatic rings. The Balaban J connectivity index is 1.87. The average molecular weight is 250 g/mol. The molecule has 3 aliphatic rings. The molecule has 3 atom stereocenters. The molecule has 1 aliphatic carbocycles. The first-order valence-corrected chi connectivity index (χ1v) is 6.69. The third-order valence-corrected chi connectivity index (χ3v) is 4.23. The molecule has 0 amide bonds. The lowest BCUT2D eigenvalue weighted by Crippen LogP contribution is -2.61. The number of rotatable bonds is 0. The Hall–Kier alpha value is -0.890. The van der Waals surface area contributed by atoms with E-state index in [4.69, 9.17) is 0 Å². The van der Waals surface area contributed by atoms with Gasteiger partial charge in [-0.2, -0.15) is 0 Å². The third kappa shape index (κ3) is 2.18. The van der Waals surface area contributed by atoms with Crippen molar-refractivity contribution < 1.29 is 9.50 Å². The van der Waals surface area contributed by atoms with Crippen LogP contribution in [0.3, 0.4) is 0 Å². The second-order valence-electron chi connectivity index (χ2n) is 5.54. The van der Waals surface area contributed by atoms with Crippen molar-refractivity contribution >= 4 is 0 Å². The molecule has 98 valence electrons. The second-order valence-corrected chi connectivity index (χ2v) is 5.54. The second kappa shape index (κ2) is 4.65. The van der Waals surface area contributed by atoms with Gasteiger partial charge < -0.3 is 10.4 Å². The molecular weight excluding hydrogens is 231 g/mol. The quantitative estimate of drug-likeness (QED) is 0.433. The van der Waals surface area contributed by atoms with Gasteiger partial charge >= 0.3 is 0 Å². The van der Waals surface area contributed by atoms with Gasteiger partial charge in [-0.25, -0.2) is 4.39 Å². The summed E-state index contributed by atoms with van der Waals surface area (Å²) in [4.78, 5) is 0. The van der Waals surface area contributed by atoms with Crippen LogP contribution in [0.4, 0.5) is 4.39 Å². The minimum Gasteiger partial charge on any atom is -0.389 e. The largest absolute Gasteiger partial charge is 0.389 e. The van der Waals surface area contributed by atoms with E-state index < -0.39 is 12.3 Å². The van der Waals surface area contributed by atoms with Crippen LogP contribution >= 0.6 is 0 Å². The molecule has 2 saturated heterocycles. The summed E-state index contributed by atoms with van der Waals surface area (Å²) in [5.41, 5.74) is 0.703. The predicted octanol–water partition coefficient (Wildman–Crippen LogP) is 0.503. The molecule has 0 radical (unpaired) electrons. The number of nitrogens with one attached hydrogen (secondary N) is 2. The topological polar surface area (TPSA) is 44.3 Å². The van der Waals surface area contributed by atoms with E-state index >= 15 is 0 Å². The lowest BCUT2D eigenvalue weighted by atomic mass is 9.76. The van der Waals surface area contributed by atoms with E-state index in [9.17, 15) is 9.50 Å². The summed E-state index contributed by atoms with van der Waals surface area (Å²) in [5, 5.41) is 17.2. The van der Waals surface area contributed by atoms with Crippen molar-refractivity contribution in [2.45, 2.75) is 49.5 Å². The number of piperidine rings is 2. The Morgan fingerprint density at radius 3 is 2.94 bits per heavy atom. The van der Waals surface area contributed by atoms with Gasteiger partial charge in [0.1, 0.15) is 6.17 Å². The van der Waals surface area contributed by atoms with Crippen LogP contribution in [0.1, 0.15) is 25.7 Å². The Kier molecular flexibility index (Phi) is 3.14. The fourth-order valence-electron chi connectivity index (χ4n) is 3.24. The van der Waals surface area contributed by atoms with Crippen LogP contribution in [0.2, 0.25) is 0 Å². The number of aliphatic hydroxyl groups excluding tert-OH is 1. The highest BCUT2D eigenvalue weighted by Gasteiger charge is 2.42. The van der Waals surface area contributed by atoms with Crippen LogP contribution in [0, 0.1) is 11.8 Å². The molecule has 2 heterocycles. The van der Waals surface area contributed by atoms with E-state index in [0.717, 1.165) is 31.5 Å². The minimum absolute atomic E-state index is 0.0303. The summed E-state index contributed by atoms with van der Waals surface area (Å²) < 4.78 is 13.5. The van der Waals surface area contributed by atoms with E-state index in [1.807, 2.05) is 0 Å². The van der Waals surface area contributed by atoms with Crippen molar-refractivity contribution in [3.05, 3.63) is 11.6 Å². The summed E-state index contributed by atoms with van der Waals surface area (Å²) in [6.45, 7) is 1.93. The molecule has 4 heteroatoms. The van der Waals surface area contributed by atoms with Crippen LogP contribution in [-0.4, -0.2) is 42.1 Å². The molecule has 2 fully saturated rings. The van der Waals surface area contributed by atoms with Gasteiger partial charge in [-0.3, -0.25) is 5.32 Å². The first kappa shape index (κ1) is 12.2. The monoisotopic (exact) mass is 250 g/mol. The molecule has 0 bridgehead atoms. The van der Waals surface area contributed by atoms with Crippen LogP contribution in [-0.2, 0) is 0 Å². The predicted molar refractivity (Wildman–Crippen MR) is 67.8 cm³/mol. The fraction of sp³-hybridized carbons (Fsp3) is 0.714. The van der Waals surface area contributed by atoms with E-state index in [0.29, 0.717) is 6.42 Å². The SMILES string of the molecule is OC1CC2(CCNCC2)N[C@H]2C#CCC(F)C=C12. The fourth-order valence-corrected chi connectivity index (χ4v) is 3.24. The summed E-state index contributed by atoms with van der Waals surface area (Å²) in [5.74, 6) is 5.94. The lowest BCUT2D eigenvalue weighted by molar-refractivity contribution is 0.0889. The molecule has 18 heavy (non-hydrogen) atoms. The maximum absolute atomic E-state index is 13.5. The minimum atomic E-state index is -1.05. The molecule has 3 nitrogen and oxygen atoms in total. The summed E-state index contributed by atoms with van der Waals surface area (Å²) in [6.07, 6.45) is 2.84. The van der Waals surface area contributed by atoms with Gasteiger partial charge in [0, 0.05) is 12.0 Å². The number of hydrogen-bond acceptors (Lipinski definition) is 3. The molecule has 0 aromatic carbocycles. The zero-order valence-electron chi connectivity index (χ0n) is 10.4. The number of alkyl halides is 1. The smallest absolute Gasteiger partial charge is 0.130 e. The van der Waals surface area contributed by atoms with Crippen LogP contribution in [0.25, 0.3) is 0 Å². The lowest BCUT2D eigenvalue weighted by Gasteiger charge is -2.46. The van der Waals surface area contributed by atoms with Crippen LogP contribution < -0.4 is 10.6 Å². The van der Waals surface area contributed by atoms with Crippen molar-refractivity contribution in [2.75, 3.05) is 13.1 Å². The first-order chi connectivity index (χ1) is 8.69. The zero-order valence-corrected chi connectivity index (χ0v) is 10.4. The first-order valence-electron chi connectivity index (χ1n) is 6.69. The molecule has 3 N–H and O–H groups in total. The number of hydrogen-bond donors (Lipinski definition) is 3. The maximum atomic E-state index is 13.5. The molecule has 0 aromatic heterocycles. The van der Waals surface area contributed by atoms with Gasteiger partial charge in [0.25, 0.3) is 0 Å². The summed E-state index contributed by atoms with van der Waals surface area (Å²) >= 11 is 0. The van der Waals surface area contributed by atoms with Gasteiger partial charge in [-0.15, -0.1) is 0 Å². The van der Waals surface area contributed by atoms with E-state index in [-0.39, 0.29) is 18.0 Å². The number of aliphatic hydroxyl groups is 1. The Bertz CT molecular complexity index is 417. The van der Waals surface area contributed by atoms with Gasteiger partial charge in [0.2, 0.25) is 0 Å². The van der Waals surface area contributed by atoms with Crippen molar-refractivity contribution in [3.63, 3.8) is 0 Å². The van der Waals surface area contributed by atoms with Gasteiger partial charge in [-0.05, 0) is 44.0 Å². The Morgan fingerprint density at radius 1 is 1.39 bits per heavy atom. The molecule has 0 saturated carbocycles. The Labute approximate surface area is 107 Å². The van der Waals surface area contributed by atoms with Crippen molar-refractivity contribution in [2.24, 2.45) is 0 Å². The summed E-state index contributed by atoms with van der Waals surface area (Å²) in [6, 6.07) is -0.174. The number of allylic oxidation sites excluding steroid dienone is 1. The number of halogens is 1.